The molecule has 1 N–H and O–H groups in total. The molecule has 1 aliphatic heterocycles. The molecule has 108 valence electrons. The Morgan fingerprint density at radius 3 is 2.89 bits per heavy atom. The van der Waals surface area contributed by atoms with Gasteiger partial charge < -0.3 is 5.11 Å². The fourth-order valence-electron chi connectivity index (χ4n) is 2.44. The Morgan fingerprint density at radius 2 is 2.21 bits per heavy atom. The van der Waals surface area contributed by atoms with E-state index in [9.17, 15) is 5.11 Å². The van der Waals surface area contributed by atoms with Crippen LogP contribution in [0.1, 0.15) is 38.5 Å². The Morgan fingerprint density at radius 1 is 1.47 bits per heavy atom. The number of aromatic nitrogens is 2. The van der Waals surface area contributed by atoms with Crippen molar-refractivity contribution < 1.29 is 5.11 Å². The molecular formula is C13H21BrN2OS2. The van der Waals surface area contributed by atoms with Crippen molar-refractivity contribution in [3.05, 3.63) is 16.4 Å². The van der Waals surface area contributed by atoms with Gasteiger partial charge in [0.1, 0.15) is 6.10 Å². The molecule has 0 radical (unpaired) electrons. The van der Waals surface area contributed by atoms with Gasteiger partial charge in [-0.25, -0.2) is 0 Å². The number of hydrogen-bond donors (Lipinski definition) is 1. The summed E-state index contributed by atoms with van der Waals surface area (Å²) in [4.78, 5) is 0. The highest BCUT2D eigenvalue weighted by Gasteiger charge is 2.34. The molecule has 0 aliphatic carbocycles. The highest BCUT2D eigenvalue weighted by Crippen LogP contribution is 2.41. The summed E-state index contributed by atoms with van der Waals surface area (Å²) in [5, 5.41) is 16.0. The van der Waals surface area contributed by atoms with E-state index < -0.39 is 6.10 Å². The summed E-state index contributed by atoms with van der Waals surface area (Å²) in [6.45, 7) is 5.20. The summed E-state index contributed by atoms with van der Waals surface area (Å²) in [5.41, 5.74) is 0.945. The minimum atomic E-state index is -0.439. The predicted octanol–water partition coefficient (Wildman–Crippen LogP) is 3.72. The van der Waals surface area contributed by atoms with Crippen LogP contribution in [0.25, 0.3) is 0 Å². The highest BCUT2D eigenvalue weighted by atomic mass is 79.9. The molecule has 0 amide bonds. The normalized spacial score (nSPS) is 25.5. The maximum absolute atomic E-state index is 10.8. The lowest BCUT2D eigenvalue weighted by molar-refractivity contribution is 0.160. The van der Waals surface area contributed by atoms with Gasteiger partial charge in [-0.3, -0.25) is 4.68 Å². The van der Waals surface area contributed by atoms with Crippen molar-refractivity contribution in [2.45, 2.75) is 49.8 Å². The Balaban J connectivity index is 2.22. The van der Waals surface area contributed by atoms with Crippen molar-refractivity contribution in [3.8, 4) is 0 Å². The van der Waals surface area contributed by atoms with Crippen molar-refractivity contribution in [2.75, 3.05) is 11.5 Å². The molecule has 19 heavy (non-hydrogen) atoms. The molecule has 2 rings (SSSR count). The first-order chi connectivity index (χ1) is 9.19. The zero-order valence-corrected chi connectivity index (χ0v) is 14.6. The van der Waals surface area contributed by atoms with Crippen LogP contribution in [-0.4, -0.2) is 36.9 Å². The van der Waals surface area contributed by atoms with Crippen LogP contribution in [0.2, 0.25) is 0 Å². The SMILES string of the molecule is CCCn1ncc(Br)c1C(O)C1SCCSC1CC. The molecule has 6 heteroatoms. The van der Waals surface area contributed by atoms with E-state index in [1.807, 2.05) is 28.2 Å². The third-order valence-corrected chi connectivity index (χ3v) is 7.30. The lowest BCUT2D eigenvalue weighted by atomic mass is 10.1. The van der Waals surface area contributed by atoms with E-state index in [-0.39, 0.29) is 5.25 Å². The van der Waals surface area contributed by atoms with Gasteiger partial charge in [0.25, 0.3) is 0 Å². The Bertz CT molecular complexity index is 413. The number of hydrogen-bond acceptors (Lipinski definition) is 4. The molecular weight excluding hydrogens is 344 g/mol. The van der Waals surface area contributed by atoms with Crippen LogP contribution in [0, 0.1) is 0 Å². The molecule has 3 nitrogen and oxygen atoms in total. The van der Waals surface area contributed by atoms with Crippen molar-refractivity contribution >= 4 is 39.5 Å². The van der Waals surface area contributed by atoms with E-state index in [2.05, 4.69) is 34.9 Å². The lowest BCUT2D eigenvalue weighted by Gasteiger charge is -2.33. The largest absolute Gasteiger partial charge is 0.386 e. The zero-order chi connectivity index (χ0) is 13.8. The molecule has 3 atom stereocenters. The maximum atomic E-state index is 10.8. The topological polar surface area (TPSA) is 38.0 Å². The van der Waals surface area contributed by atoms with Crippen LogP contribution in [-0.2, 0) is 6.54 Å². The van der Waals surface area contributed by atoms with Crippen molar-refractivity contribution in [3.63, 3.8) is 0 Å². The van der Waals surface area contributed by atoms with Crippen LogP contribution in [0.4, 0.5) is 0 Å². The van der Waals surface area contributed by atoms with E-state index in [1.54, 1.807) is 6.20 Å². The molecule has 3 unspecified atom stereocenters. The molecule has 1 aromatic rings. The summed E-state index contributed by atoms with van der Waals surface area (Å²) in [6, 6.07) is 0. The zero-order valence-electron chi connectivity index (χ0n) is 11.4. The van der Waals surface area contributed by atoms with Crippen LogP contribution in [0.5, 0.6) is 0 Å². The van der Waals surface area contributed by atoms with Crippen LogP contribution >= 0.6 is 39.5 Å². The third kappa shape index (κ3) is 3.52. The Labute approximate surface area is 132 Å². The van der Waals surface area contributed by atoms with E-state index in [0.29, 0.717) is 5.25 Å². The van der Waals surface area contributed by atoms with Gasteiger partial charge in [-0.2, -0.15) is 28.6 Å². The fraction of sp³-hybridized carbons (Fsp3) is 0.769. The van der Waals surface area contributed by atoms with Crippen LogP contribution in [0.15, 0.2) is 10.7 Å². The second-order valence-electron chi connectivity index (χ2n) is 4.70. The summed E-state index contributed by atoms with van der Waals surface area (Å²) >= 11 is 7.44. The van der Waals surface area contributed by atoms with E-state index in [4.69, 9.17) is 0 Å². The first kappa shape index (κ1) is 15.7. The van der Waals surface area contributed by atoms with E-state index >= 15 is 0 Å². The van der Waals surface area contributed by atoms with Gasteiger partial charge in [-0.05, 0) is 28.8 Å². The minimum Gasteiger partial charge on any atom is -0.386 e. The van der Waals surface area contributed by atoms with Crippen LogP contribution in [0.3, 0.4) is 0 Å². The number of rotatable bonds is 5. The molecule has 1 saturated heterocycles. The molecule has 1 aliphatic rings. The maximum Gasteiger partial charge on any atom is 0.110 e. The van der Waals surface area contributed by atoms with Crippen molar-refractivity contribution in [1.29, 1.82) is 0 Å². The van der Waals surface area contributed by atoms with Crippen molar-refractivity contribution in [2.24, 2.45) is 0 Å². The van der Waals surface area contributed by atoms with Crippen molar-refractivity contribution in [1.82, 2.24) is 9.78 Å². The quantitative estimate of drug-likeness (QED) is 0.863. The van der Waals surface area contributed by atoms with Gasteiger partial charge >= 0.3 is 0 Å². The Kier molecular flexibility index (Phi) is 6.11. The lowest BCUT2D eigenvalue weighted by Crippen LogP contribution is -2.32. The fourth-order valence-corrected chi connectivity index (χ4v) is 6.08. The monoisotopic (exact) mass is 364 g/mol. The van der Waals surface area contributed by atoms with E-state index in [1.165, 1.54) is 5.75 Å². The van der Waals surface area contributed by atoms with E-state index in [0.717, 1.165) is 35.3 Å². The standard InChI is InChI=1S/C13H21BrN2OS2/c1-3-5-16-11(9(14)8-15-16)12(17)13-10(4-2)18-6-7-19-13/h8,10,12-13,17H,3-7H2,1-2H3. The number of aliphatic hydroxyl groups is 1. The summed E-state index contributed by atoms with van der Waals surface area (Å²) < 4.78 is 2.88. The Hall–Kier alpha value is 0.350. The minimum absolute atomic E-state index is 0.271. The van der Waals surface area contributed by atoms with Crippen LogP contribution < -0.4 is 0 Å². The molecule has 0 spiro atoms. The average molecular weight is 365 g/mol. The molecule has 2 heterocycles. The molecule has 1 fully saturated rings. The average Bonchev–Trinajstić information content (AvgIpc) is 2.79. The molecule has 1 aromatic heterocycles. The summed E-state index contributed by atoms with van der Waals surface area (Å²) in [6.07, 6.45) is 3.50. The number of nitrogens with zero attached hydrogens (tertiary/aromatic N) is 2. The molecule has 0 aromatic carbocycles. The third-order valence-electron chi connectivity index (χ3n) is 3.35. The van der Waals surface area contributed by atoms with Gasteiger partial charge in [0.2, 0.25) is 0 Å². The number of thioether (sulfide) groups is 2. The number of halogens is 1. The van der Waals surface area contributed by atoms with Gasteiger partial charge in [0.15, 0.2) is 0 Å². The predicted molar refractivity (Wildman–Crippen MR) is 88.0 cm³/mol. The van der Waals surface area contributed by atoms with Gasteiger partial charge in [0, 0.05) is 28.6 Å². The summed E-state index contributed by atoms with van der Waals surface area (Å²) in [7, 11) is 0. The molecule has 0 saturated carbocycles. The second kappa shape index (κ2) is 7.38. The number of aryl methyl sites for hydroxylation is 1. The van der Waals surface area contributed by atoms with Gasteiger partial charge in [-0.1, -0.05) is 13.8 Å². The summed E-state index contributed by atoms with van der Waals surface area (Å²) in [5.74, 6) is 2.32. The first-order valence-corrected chi connectivity index (χ1v) is 9.70. The van der Waals surface area contributed by atoms with Gasteiger partial charge in [0.05, 0.1) is 16.4 Å². The molecule has 0 bridgehead atoms. The highest BCUT2D eigenvalue weighted by molar-refractivity contribution is 9.10. The number of aliphatic hydroxyl groups excluding tert-OH is 1. The first-order valence-electron chi connectivity index (χ1n) is 6.81. The smallest absolute Gasteiger partial charge is 0.110 e. The second-order valence-corrected chi connectivity index (χ2v) is 8.19. The van der Waals surface area contributed by atoms with Gasteiger partial charge in [-0.15, -0.1) is 0 Å².